The predicted octanol–water partition coefficient (Wildman–Crippen LogP) is 2.91. The van der Waals surface area contributed by atoms with Crippen molar-refractivity contribution in [2.45, 2.75) is 20.0 Å². The van der Waals surface area contributed by atoms with E-state index in [9.17, 15) is 0 Å². The molecule has 25 heavy (non-hydrogen) atoms. The fourth-order valence-electron chi connectivity index (χ4n) is 2.37. The molecule has 0 fully saturated rings. The van der Waals surface area contributed by atoms with E-state index in [4.69, 9.17) is 4.42 Å². The molecule has 0 spiro atoms. The van der Waals surface area contributed by atoms with Crippen LogP contribution in [0.25, 0.3) is 11.5 Å². The summed E-state index contributed by atoms with van der Waals surface area (Å²) < 4.78 is 5.54. The number of guanidine groups is 1. The molecular weight excluding hydrogens is 314 g/mol. The van der Waals surface area contributed by atoms with Crippen LogP contribution < -0.4 is 10.6 Å². The molecule has 3 aromatic rings. The van der Waals surface area contributed by atoms with Crippen molar-refractivity contribution >= 4 is 5.96 Å². The minimum absolute atomic E-state index is 0.525. The number of nitrogens with zero attached hydrogens (tertiary/aromatic N) is 3. The van der Waals surface area contributed by atoms with E-state index in [0.29, 0.717) is 24.9 Å². The van der Waals surface area contributed by atoms with E-state index < -0.39 is 0 Å². The number of pyridine rings is 1. The Bertz CT molecular complexity index is 842. The lowest BCUT2D eigenvalue weighted by molar-refractivity contribution is 0.572. The number of aromatic nitrogens is 2. The van der Waals surface area contributed by atoms with Gasteiger partial charge in [0, 0.05) is 18.8 Å². The molecule has 0 radical (unpaired) electrons. The Hall–Kier alpha value is -3.15. The second-order valence-electron chi connectivity index (χ2n) is 5.56. The molecule has 0 aliphatic heterocycles. The highest BCUT2D eigenvalue weighted by atomic mass is 16.3. The van der Waals surface area contributed by atoms with Crippen LogP contribution in [-0.2, 0) is 13.1 Å². The van der Waals surface area contributed by atoms with Crippen LogP contribution in [0.3, 0.4) is 0 Å². The minimum Gasteiger partial charge on any atom is -0.444 e. The molecule has 0 aliphatic carbocycles. The number of aliphatic imine (C=N–C) groups is 1. The van der Waals surface area contributed by atoms with Crippen molar-refractivity contribution in [2.24, 2.45) is 4.99 Å². The number of aryl methyl sites for hydroxylation is 1. The summed E-state index contributed by atoms with van der Waals surface area (Å²) in [4.78, 5) is 13.1. The van der Waals surface area contributed by atoms with E-state index in [0.717, 1.165) is 22.5 Å². The number of hydrogen-bond acceptors (Lipinski definition) is 4. The Morgan fingerprint density at radius 3 is 2.64 bits per heavy atom. The first-order chi connectivity index (χ1) is 12.3. The Kier molecular flexibility index (Phi) is 5.41. The Balaban J connectivity index is 1.55. The van der Waals surface area contributed by atoms with Gasteiger partial charge >= 0.3 is 0 Å². The molecule has 2 N–H and O–H groups in total. The molecule has 1 aromatic carbocycles. The first-order valence-corrected chi connectivity index (χ1v) is 8.11. The van der Waals surface area contributed by atoms with Gasteiger partial charge in [0.25, 0.3) is 0 Å². The van der Waals surface area contributed by atoms with Crippen molar-refractivity contribution in [1.29, 1.82) is 0 Å². The summed E-state index contributed by atoms with van der Waals surface area (Å²) >= 11 is 0. The second kappa shape index (κ2) is 8.10. The zero-order chi connectivity index (χ0) is 17.5. The average Bonchev–Trinajstić information content (AvgIpc) is 3.13. The molecule has 6 heteroatoms. The number of benzene rings is 1. The lowest BCUT2D eigenvalue weighted by Gasteiger charge is -2.11. The van der Waals surface area contributed by atoms with Crippen molar-refractivity contribution in [3.63, 3.8) is 0 Å². The van der Waals surface area contributed by atoms with Gasteiger partial charge in [-0.15, -0.1) is 0 Å². The first-order valence-electron chi connectivity index (χ1n) is 8.11. The van der Waals surface area contributed by atoms with Gasteiger partial charge in [0.1, 0.15) is 6.26 Å². The maximum Gasteiger partial charge on any atom is 0.226 e. The lowest BCUT2D eigenvalue weighted by atomic mass is 10.2. The van der Waals surface area contributed by atoms with Crippen LogP contribution in [-0.4, -0.2) is 23.0 Å². The van der Waals surface area contributed by atoms with Crippen molar-refractivity contribution in [1.82, 2.24) is 20.6 Å². The van der Waals surface area contributed by atoms with Gasteiger partial charge in [-0.1, -0.05) is 24.3 Å². The Morgan fingerprint density at radius 1 is 1.08 bits per heavy atom. The monoisotopic (exact) mass is 335 g/mol. The van der Waals surface area contributed by atoms with Crippen LogP contribution in [0.15, 0.2) is 64.3 Å². The summed E-state index contributed by atoms with van der Waals surface area (Å²) in [6.07, 6.45) is 3.45. The molecule has 0 unspecified atom stereocenters. The minimum atomic E-state index is 0.525. The van der Waals surface area contributed by atoms with Gasteiger partial charge in [0.15, 0.2) is 5.96 Å². The molecule has 2 heterocycles. The molecular formula is C19H21N5O. The first kappa shape index (κ1) is 16.7. The van der Waals surface area contributed by atoms with Crippen LogP contribution in [0.4, 0.5) is 0 Å². The fourth-order valence-corrected chi connectivity index (χ4v) is 2.37. The van der Waals surface area contributed by atoms with E-state index in [1.54, 1.807) is 19.5 Å². The smallest absolute Gasteiger partial charge is 0.226 e. The van der Waals surface area contributed by atoms with Gasteiger partial charge in [0.05, 0.1) is 24.5 Å². The molecule has 3 rings (SSSR count). The summed E-state index contributed by atoms with van der Waals surface area (Å²) in [5.74, 6) is 1.30. The average molecular weight is 335 g/mol. The molecule has 0 amide bonds. The summed E-state index contributed by atoms with van der Waals surface area (Å²) in [5.41, 5.74) is 3.92. The molecule has 0 atom stereocenters. The van der Waals surface area contributed by atoms with Gasteiger partial charge in [-0.25, -0.2) is 4.98 Å². The summed E-state index contributed by atoms with van der Waals surface area (Å²) in [7, 11) is 1.73. The third-order valence-electron chi connectivity index (χ3n) is 3.77. The third-order valence-corrected chi connectivity index (χ3v) is 3.77. The number of rotatable bonds is 5. The van der Waals surface area contributed by atoms with Crippen LogP contribution in [0, 0.1) is 6.92 Å². The summed E-state index contributed by atoms with van der Waals surface area (Å²) in [5, 5.41) is 6.48. The molecule has 0 bridgehead atoms. The van der Waals surface area contributed by atoms with E-state index in [-0.39, 0.29) is 0 Å². The van der Waals surface area contributed by atoms with Crippen LogP contribution in [0.1, 0.15) is 17.0 Å². The topological polar surface area (TPSA) is 75.3 Å². The predicted molar refractivity (Wildman–Crippen MR) is 98.0 cm³/mol. The largest absolute Gasteiger partial charge is 0.444 e. The standard InChI is InChI=1S/C19H21N5O/c1-14-7-6-10-21-17(14)12-23-19(20-2)22-11-16-13-25-18(24-16)15-8-4-3-5-9-15/h3-10,13H,11-12H2,1-2H3,(H2,20,22,23). The Morgan fingerprint density at radius 2 is 1.88 bits per heavy atom. The fraction of sp³-hybridized carbons (Fsp3) is 0.211. The molecule has 128 valence electrons. The molecule has 0 saturated heterocycles. The van der Waals surface area contributed by atoms with Crippen LogP contribution in [0.2, 0.25) is 0 Å². The van der Waals surface area contributed by atoms with Crippen molar-refractivity contribution in [3.05, 3.63) is 71.9 Å². The van der Waals surface area contributed by atoms with E-state index in [1.807, 2.05) is 49.4 Å². The Labute approximate surface area is 147 Å². The summed E-state index contributed by atoms with van der Waals surface area (Å²) in [6, 6.07) is 13.8. The zero-order valence-corrected chi connectivity index (χ0v) is 14.4. The van der Waals surface area contributed by atoms with E-state index in [2.05, 4.69) is 25.6 Å². The SMILES string of the molecule is CN=C(NCc1coc(-c2ccccc2)n1)NCc1ncccc1C. The quantitative estimate of drug-likeness (QED) is 0.554. The molecule has 2 aromatic heterocycles. The number of nitrogens with one attached hydrogen (secondary N) is 2. The van der Waals surface area contributed by atoms with Crippen LogP contribution in [0.5, 0.6) is 0 Å². The van der Waals surface area contributed by atoms with Gasteiger partial charge in [0.2, 0.25) is 5.89 Å². The van der Waals surface area contributed by atoms with Crippen molar-refractivity contribution in [2.75, 3.05) is 7.05 Å². The molecule has 0 saturated carbocycles. The van der Waals surface area contributed by atoms with E-state index in [1.165, 1.54) is 0 Å². The van der Waals surface area contributed by atoms with Gasteiger partial charge in [-0.2, -0.15) is 0 Å². The third kappa shape index (κ3) is 4.44. The number of oxazole rings is 1. The maximum absolute atomic E-state index is 5.54. The van der Waals surface area contributed by atoms with Crippen LogP contribution >= 0.6 is 0 Å². The lowest BCUT2D eigenvalue weighted by Crippen LogP contribution is -2.36. The van der Waals surface area contributed by atoms with Crippen molar-refractivity contribution in [3.8, 4) is 11.5 Å². The highest BCUT2D eigenvalue weighted by molar-refractivity contribution is 5.79. The highest BCUT2D eigenvalue weighted by Gasteiger charge is 2.07. The van der Waals surface area contributed by atoms with Gasteiger partial charge in [-0.3, -0.25) is 9.98 Å². The van der Waals surface area contributed by atoms with Crippen molar-refractivity contribution < 1.29 is 4.42 Å². The zero-order valence-electron chi connectivity index (χ0n) is 14.4. The highest BCUT2D eigenvalue weighted by Crippen LogP contribution is 2.17. The summed E-state index contributed by atoms with van der Waals surface area (Å²) in [6.45, 7) is 3.18. The maximum atomic E-state index is 5.54. The van der Waals surface area contributed by atoms with E-state index >= 15 is 0 Å². The molecule has 0 aliphatic rings. The molecule has 6 nitrogen and oxygen atoms in total. The number of hydrogen-bond donors (Lipinski definition) is 2. The van der Waals surface area contributed by atoms with Gasteiger partial charge in [-0.05, 0) is 30.7 Å². The second-order valence-corrected chi connectivity index (χ2v) is 5.56. The van der Waals surface area contributed by atoms with Gasteiger partial charge < -0.3 is 15.1 Å². The normalized spacial score (nSPS) is 11.4.